The third kappa shape index (κ3) is 7.03. The summed E-state index contributed by atoms with van der Waals surface area (Å²) in [7, 11) is 0.244. The molecule has 1 saturated carbocycles. The third-order valence-corrected chi connectivity index (χ3v) is 8.27. The van der Waals surface area contributed by atoms with Crippen LogP contribution >= 0.6 is 11.6 Å². The summed E-state index contributed by atoms with van der Waals surface area (Å²) >= 11 is 5.91. The Bertz CT molecular complexity index is 1370. The molecule has 1 aliphatic carbocycles. The van der Waals surface area contributed by atoms with Crippen LogP contribution in [0.1, 0.15) is 42.5 Å². The number of halogens is 2. The maximum Gasteiger partial charge on any atom is 0.264 e. The fraction of sp³-hybridized carbons (Fsp3) is 0.346. The van der Waals surface area contributed by atoms with E-state index in [-0.39, 0.29) is 15.7 Å². The molecule has 1 fully saturated rings. The first-order valence-electron chi connectivity index (χ1n) is 12.0. The Morgan fingerprint density at radius 3 is 2.38 bits per heavy atom. The summed E-state index contributed by atoms with van der Waals surface area (Å²) < 4.78 is 40.9. The number of nitrogens with zero attached hydrogens (tertiary/aromatic N) is 4. The highest BCUT2D eigenvalue weighted by Crippen LogP contribution is 2.25. The van der Waals surface area contributed by atoms with Crippen LogP contribution in [0, 0.1) is 12.7 Å². The van der Waals surface area contributed by atoms with E-state index in [1.54, 1.807) is 31.5 Å². The van der Waals surface area contributed by atoms with E-state index in [0.29, 0.717) is 23.7 Å². The van der Waals surface area contributed by atoms with Gasteiger partial charge in [0.2, 0.25) is 5.95 Å². The standard InChI is InChI=1S/C26H30ClFN6O2S/c1-17-19(6-13-25(31-17)33-37(35,36)24-12-7-20(28)14-23(24)27)5-4-18-15-29-26(30-16-18)32-21-8-10-22(11-9-21)34(2)3/h4-7,12-16,21-22H,8-11H2,1-3H3,(H,31,33)(H,29,30,32)/b5-4+. The van der Waals surface area contributed by atoms with Crippen molar-refractivity contribution in [3.63, 3.8) is 0 Å². The Labute approximate surface area is 222 Å². The average molecular weight is 545 g/mol. The quantitative estimate of drug-likeness (QED) is 0.400. The summed E-state index contributed by atoms with van der Waals surface area (Å²) in [5.74, 6) is 0.141. The molecule has 37 heavy (non-hydrogen) atoms. The largest absolute Gasteiger partial charge is 0.351 e. The van der Waals surface area contributed by atoms with Crippen molar-refractivity contribution in [1.82, 2.24) is 19.9 Å². The second-order valence-electron chi connectivity index (χ2n) is 9.34. The summed E-state index contributed by atoms with van der Waals surface area (Å²) in [5, 5.41) is 3.23. The van der Waals surface area contributed by atoms with Crippen molar-refractivity contribution in [3.8, 4) is 0 Å². The first-order valence-corrected chi connectivity index (χ1v) is 13.9. The van der Waals surface area contributed by atoms with Crippen molar-refractivity contribution in [2.75, 3.05) is 24.1 Å². The highest BCUT2D eigenvalue weighted by molar-refractivity contribution is 7.92. The molecule has 2 N–H and O–H groups in total. The Balaban J connectivity index is 1.36. The predicted octanol–water partition coefficient (Wildman–Crippen LogP) is 5.23. The summed E-state index contributed by atoms with van der Waals surface area (Å²) in [6.07, 6.45) is 11.8. The monoisotopic (exact) mass is 544 g/mol. The molecule has 0 radical (unpaired) electrons. The summed E-state index contributed by atoms with van der Waals surface area (Å²) in [4.78, 5) is 15.3. The molecule has 0 unspecified atom stereocenters. The lowest BCUT2D eigenvalue weighted by molar-refractivity contribution is 0.221. The third-order valence-electron chi connectivity index (χ3n) is 6.44. The van der Waals surface area contributed by atoms with Crippen LogP contribution in [0.2, 0.25) is 5.02 Å². The first kappa shape index (κ1) is 27.0. The van der Waals surface area contributed by atoms with E-state index < -0.39 is 15.8 Å². The maximum absolute atomic E-state index is 13.3. The van der Waals surface area contributed by atoms with Crippen LogP contribution in [0.5, 0.6) is 0 Å². The Kier molecular flexibility index (Phi) is 8.41. The first-order chi connectivity index (χ1) is 17.6. The topological polar surface area (TPSA) is 100 Å². The zero-order valence-electron chi connectivity index (χ0n) is 20.9. The lowest BCUT2D eigenvalue weighted by Gasteiger charge is -2.32. The van der Waals surface area contributed by atoms with Crippen LogP contribution in [-0.2, 0) is 10.0 Å². The van der Waals surface area contributed by atoms with Crippen LogP contribution in [0.25, 0.3) is 12.2 Å². The number of hydrogen-bond acceptors (Lipinski definition) is 7. The van der Waals surface area contributed by atoms with E-state index >= 15 is 0 Å². The van der Waals surface area contributed by atoms with E-state index in [1.807, 2.05) is 12.2 Å². The van der Waals surface area contributed by atoms with Crippen LogP contribution in [0.3, 0.4) is 0 Å². The molecule has 2 aromatic heterocycles. The minimum absolute atomic E-state index is 0.133. The zero-order valence-corrected chi connectivity index (χ0v) is 22.5. The van der Waals surface area contributed by atoms with E-state index in [4.69, 9.17) is 11.6 Å². The number of aromatic nitrogens is 3. The number of sulfonamides is 1. The van der Waals surface area contributed by atoms with Gasteiger partial charge in [-0.2, -0.15) is 0 Å². The SMILES string of the molecule is Cc1nc(NS(=O)(=O)c2ccc(F)cc2Cl)ccc1/C=C/c1cnc(NC2CCC(N(C)C)CC2)nc1. The van der Waals surface area contributed by atoms with Crippen molar-refractivity contribution in [2.24, 2.45) is 0 Å². The van der Waals surface area contributed by atoms with Gasteiger partial charge in [0.1, 0.15) is 16.5 Å². The van der Waals surface area contributed by atoms with Gasteiger partial charge in [0.25, 0.3) is 10.0 Å². The highest BCUT2D eigenvalue weighted by Gasteiger charge is 2.23. The number of hydrogen-bond donors (Lipinski definition) is 2. The van der Waals surface area contributed by atoms with Crippen molar-refractivity contribution >= 4 is 45.5 Å². The van der Waals surface area contributed by atoms with Crippen LogP contribution in [0.4, 0.5) is 16.2 Å². The van der Waals surface area contributed by atoms with E-state index in [1.165, 1.54) is 12.8 Å². The zero-order chi connectivity index (χ0) is 26.6. The van der Waals surface area contributed by atoms with Gasteiger partial charge in [0.15, 0.2) is 0 Å². The summed E-state index contributed by atoms with van der Waals surface area (Å²) in [6.45, 7) is 1.77. The predicted molar refractivity (Wildman–Crippen MR) is 146 cm³/mol. The van der Waals surface area contributed by atoms with E-state index in [9.17, 15) is 12.8 Å². The molecule has 1 aliphatic rings. The number of pyridine rings is 1. The number of nitrogens with one attached hydrogen (secondary N) is 2. The summed E-state index contributed by atoms with van der Waals surface area (Å²) in [5.41, 5.74) is 2.26. The molecular weight excluding hydrogens is 515 g/mol. The molecule has 4 rings (SSSR count). The normalized spacial score (nSPS) is 18.3. The Hall–Kier alpha value is -3.08. The molecule has 0 amide bonds. The number of rotatable bonds is 8. The van der Waals surface area contributed by atoms with Gasteiger partial charge in [-0.05, 0) is 82.6 Å². The number of benzene rings is 1. The molecule has 3 aromatic rings. The number of anilines is 2. The number of aryl methyl sites for hydroxylation is 1. The van der Waals surface area contributed by atoms with Gasteiger partial charge < -0.3 is 10.2 Å². The Morgan fingerprint density at radius 2 is 1.76 bits per heavy atom. The van der Waals surface area contributed by atoms with Gasteiger partial charge in [-0.15, -0.1) is 0 Å². The van der Waals surface area contributed by atoms with Crippen molar-refractivity contribution in [2.45, 2.75) is 49.6 Å². The van der Waals surface area contributed by atoms with E-state index in [2.05, 4.69) is 44.0 Å². The minimum atomic E-state index is -4.02. The molecule has 0 spiro atoms. The molecule has 11 heteroatoms. The van der Waals surface area contributed by atoms with Crippen molar-refractivity contribution < 1.29 is 12.8 Å². The fourth-order valence-electron chi connectivity index (χ4n) is 4.29. The maximum atomic E-state index is 13.3. The Morgan fingerprint density at radius 1 is 1.05 bits per heavy atom. The molecule has 0 aliphatic heterocycles. The summed E-state index contributed by atoms with van der Waals surface area (Å²) in [6, 6.07) is 7.44. The fourth-order valence-corrected chi connectivity index (χ4v) is 5.83. The average Bonchev–Trinajstić information content (AvgIpc) is 2.84. The van der Waals surface area contributed by atoms with Crippen LogP contribution in [-0.4, -0.2) is 54.4 Å². The van der Waals surface area contributed by atoms with Gasteiger partial charge in [0, 0.05) is 35.7 Å². The lowest BCUT2D eigenvalue weighted by atomic mass is 9.91. The molecule has 2 heterocycles. The van der Waals surface area contributed by atoms with Gasteiger partial charge >= 0.3 is 0 Å². The molecular formula is C26H30ClFN6O2S. The van der Waals surface area contributed by atoms with Crippen LogP contribution < -0.4 is 10.0 Å². The smallest absolute Gasteiger partial charge is 0.264 e. The van der Waals surface area contributed by atoms with Gasteiger partial charge in [0.05, 0.1) is 5.02 Å². The van der Waals surface area contributed by atoms with Gasteiger partial charge in [-0.25, -0.2) is 27.8 Å². The van der Waals surface area contributed by atoms with Gasteiger partial charge in [-0.3, -0.25) is 4.72 Å². The lowest BCUT2D eigenvalue weighted by Crippen LogP contribution is -2.36. The molecule has 1 aromatic carbocycles. The molecule has 196 valence electrons. The molecule has 0 saturated heterocycles. The minimum Gasteiger partial charge on any atom is -0.351 e. The second-order valence-corrected chi connectivity index (χ2v) is 11.4. The molecule has 0 bridgehead atoms. The molecule has 0 atom stereocenters. The van der Waals surface area contributed by atoms with Gasteiger partial charge in [-0.1, -0.05) is 23.8 Å². The second kappa shape index (κ2) is 11.5. The van der Waals surface area contributed by atoms with E-state index in [0.717, 1.165) is 42.2 Å². The van der Waals surface area contributed by atoms with Crippen molar-refractivity contribution in [1.29, 1.82) is 0 Å². The van der Waals surface area contributed by atoms with Crippen molar-refractivity contribution in [3.05, 3.63) is 70.4 Å². The highest BCUT2D eigenvalue weighted by atomic mass is 35.5. The van der Waals surface area contributed by atoms with Crippen LogP contribution in [0.15, 0.2) is 47.6 Å². The molecule has 8 nitrogen and oxygen atoms in total.